The second-order valence-corrected chi connectivity index (χ2v) is 8.43. The highest BCUT2D eigenvalue weighted by atomic mass is 35.5. The summed E-state index contributed by atoms with van der Waals surface area (Å²) in [5, 5.41) is 3.35. The van der Waals surface area contributed by atoms with Crippen molar-refractivity contribution in [3.05, 3.63) is 100 Å². The Labute approximate surface area is 200 Å². The second-order valence-electron chi connectivity index (χ2n) is 8.03. The van der Waals surface area contributed by atoms with Crippen LogP contribution in [-0.2, 0) is 22.6 Å². The maximum atomic E-state index is 13.4. The summed E-state index contributed by atoms with van der Waals surface area (Å²) in [6.07, 6.45) is 0.401. The molecule has 0 radical (unpaired) electrons. The number of ether oxygens (including phenoxy) is 1. The van der Waals surface area contributed by atoms with Crippen molar-refractivity contribution in [1.29, 1.82) is 0 Å². The molecule has 0 heterocycles. The zero-order valence-corrected chi connectivity index (χ0v) is 19.9. The van der Waals surface area contributed by atoms with E-state index < -0.39 is 6.04 Å². The largest absolute Gasteiger partial charge is 0.484 e. The van der Waals surface area contributed by atoms with Crippen LogP contribution in [0.25, 0.3) is 0 Å². The molecule has 3 aromatic rings. The van der Waals surface area contributed by atoms with E-state index in [4.69, 9.17) is 16.3 Å². The van der Waals surface area contributed by atoms with Gasteiger partial charge < -0.3 is 15.0 Å². The minimum absolute atomic E-state index is 0.185. The van der Waals surface area contributed by atoms with E-state index in [1.807, 2.05) is 68.4 Å². The van der Waals surface area contributed by atoms with Gasteiger partial charge in [0, 0.05) is 25.0 Å². The quantitative estimate of drug-likeness (QED) is 0.498. The van der Waals surface area contributed by atoms with Gasteiger partial charge in [0.2, 0.25) is 5.91 Å². The normalized spacial score (nSPS) is 11.5. The smallest absolute Gasteiger partial charge is 0.261 e. The Hall–Kier alpha value is -3.31. The Morgan fingerprint density at radius 1 is 0.970 bits per heavy atom. The van der Waals surface area contributed by atoms with E-state index >= 15 is 0 Å². The van der Waals surface area contributed by atoms with E-state index in [0.717, 1.165) is 22.3 Å². The highest BCUT2D eigenvalue weighted by Crippen LogP contribution is 2.22. The number of hydrogen-bond donors (Lipinski definition) is 1. The summed E-state index contributed by atoms with van der Waals surface area (Å²) in [5.41, 5.74) is 3.91. The lowest BCUT2D eigenvalue weighted by Crippen LogP contribution is -2.51. The van der Waals surface area contributed by atoms with Crippen molar-refractivity contribution < 1.29 is 14.3 Å². The molecule has 0 aliphatic rings. The molecule has 0 aliphatic carbocycles. The number of carbonyl (C=O) groups is 2. The fraction of sp³-hybridized carbons (Fsp3) is 0.259. The monoisotopic (exact) mass is 464 g/mol. The van der Waals surface area contributed by atoms with Crippen LogP contribution in [0.15, 0.2) is 72.8 Å². The number of hydrogen-bond acceptors (Lipinski definition) is 3. The van der Waals surface area contributed by atoms with Crippen LogP contribution in [-0.4, -0.2) is 36.4 Å². The molecule has 0 saturated carbocycles. The van der Waals surface area contributed by atoms with E-state index in [1.54, 1.807) is 30.1 Å². The summed E-state index contributed by atoms with van der Waals surface area (Å²) in [6.45, 7) is 4.00. The Balaban J connectivity index is 1.86. The Bertz CT molecular complexity index is 1080. The zero-order valence-electron chi connectivity index (χ0n) is 19.2. The molecule has 0 fully saturated rings. The third-order valence-corrected chi connectivity index (χ3v) is 5.91. The summed E-state index contributed by atoms with van der Waals surface area (Å²) >= 11 is 6.09. The molecule has 1 atom stereocenters. The number of aryl methyl sites for hydroxylation is 2. The minimum atomic E-state index is -0.679. The van der Waals surface area contributed by atoms with Gasteiger partial charge in [-0.05, 0) is 48.7 Å². The van der Waals surface area contributed by atoms with E-state index in [1.165, 1.54) is 0 Å². The van der Waals surface area contributed by atoms with Gasteiger partial charge in [-0.25, -0.2) is 0 Å². The van der Waals surface area contributed by atoms with Gasteiger partial charge in [-0.2, -0.15) is 0 Å². The molecule has 1 N–H and O–H groups in total. The molecular weight excluding hydrogens is 436 g/mol. The van der Waals surface area contributed by atoms with Crippen LogP contribution in [0.3, 0.4) is 0 Å². The first-order valence-electron chi connectivity index (χ1n) is 10.9. The first-order chi connectivity index (χ1) is 15.9. The van der Waals surface area contributed by atoms with Crippen molar-refractivity contribution in [2.75, 3.05) is 13.7 Å². The molecule has 2 amide bonds. The van der Waals surface area contributed by atoms with Crippen LogP contribution >= 0.6 is 11.6 Å². The molecule has 0 saturated heterocycles. The number of nitrogens with one attached hydrogen (secondary N) is 1. The maximum Gasteiger partial charge on any atom is 0.261 e. The van der Waals surface area contributed by atoms with Crippen LogP contribution in [0, 0.1) is 13.8 Å². The van der Waals surface area contributed by atoms with Crippen LogP contribution in [0.2, 0.25) is 5.02 Å². The molecule has 5 nitrogen and oxygen atoms in total. The average Bonchev–Trinajstić information content (AvgIpc) is 2.83. The minimum Gasteiger partial charge on any atom is -0.484 e. The number of halogens is 1. The lowest BCUT2D eigenvalue weighted by Gasteiger charge is -2.31. The van der Waals surface area contributed by atoms with E-state index in [9.17, 15) is 9.59 Å². The molecule has 6 heteroatoms. The molecule has 172 valence electrons. The van der Waals surface area contributed by atoms with Gasteiger partial charge >= 0.3 is 0 Å². The van der Waals surface area contributed by atoms with Crippen LogP contribution < -0.4 is 10.1 Å². The van der Waals surface area contributed by atoms with Crippen LogP contribution in [0.1, 0.15) is 22.3 Å². The zero-order chi connectivity index (χ0) is 23.8. The highest BCUT2D eigenvalue weighted by molar-refractivity contribution is 6.31. The van der Waals surface area contributed by atoms with E-state index in [-0.39, 0.29) is 18.4 Å². The van der Waals surface area contributed by atoms with Crippen molar-refractivity contribution >= 4 is 23.4 Å². The third-order valence-electron chi connectivity index (χ3n) is 5.48. The van der Waals surface area contributed by atoms with Crippen molar-refractivity contribution in [3.63, 3.8) is 0 Å². The van der Waals surface area contributed by atoms with Gasteiger partial charge in [-0.3, -0.25) is 9.59 Å². The predicted octanol–water partition coefficient (Wildman–Crippen LogP) is 4.72. The van der Waals surface area contributed by atoms with Crippen molar-refractivity contribution in [2.45, 2.75) is 32.9 Å². The number of nitrogens with zero attached hydrogens (tertiary/aromatic N) is 1. The van der Waals surface area contributed by atoms with E-state index in [0.29, 0.717) is 23.7 Å². The highest BCUT2D eigenvalue weighted by Gasteiger charge is 2.30. The topological polar surface area (TPSA) is 58.6 Å². The van der Waals surface area contributed by atoms with Gasteiger partial charge in [0.05, 0.1) is 0 Å². The number of amides is 2. The van der Waals surface area contributed by atoms with Gasteiger partial charge in [-0.1, -0.05) is 71.8 Å². The fourth-order valence-electron chi connectivity index (χ4n) is 3.55. The molecule has 0 unspecified atom stereocenters. The van der Waals surface area contributed by atoms with E-state index in [2.05, 4.69) is 5.32 Å². The molecular formula is C27H29ClN2O3. The first-order valence-corrected chi connectivity index (χ1v) is 11.2. The fourth-order valence-corrected chi connectivity index (χ4v) is 3.66. The standard InChI is InChI=1S/C27H29ClN2O3/c1-19-9-11-22(12-10-19)17-30(25(27(32)29-3)16-21-7-5-4-6-8-21)26(31)18-33-23-13-14-24(28)20(2)15-23/h4-15,25H,16-18H2,1-3H3,(H,29,32)/t25-/m0/s1. The van der Waals surface area contributed by atoms with Gasteiger partial charge in [-0.15, -0.1) is 0 Å². The molecule has 0 bridgehead atoms. The third kappa shape index (κ3) is 6.83. The number of carbonyl (C=O) groups excluding carboxylic acids is 2. The lowest BCUT2D eigenvalue weighted by molar-refractivity contribution is -0.142. The molecule has 33 heavy (non-hydrogen) atoms. The molecule has 3 aromatic carbocycles. The molecule has 0 aliphatic heterocycles. The first kappa shape index (κ1) is 24.3. The molecule has 0 spiro atoms. The Morgan fingerprint density at radius 3 is 2.30 bits per heavy atom. The molecule has 3 rings (SSSR count). The summed E-state index contributed by atoms with van der Waals surface area (Å²) in [6, 6.07) is 22.2. The summed E-state index contributed by atoms with van der Waals surface area (Å²) in [7, 11) is 1.59. The second kappa shape index (κ2) is 11.5. The lowest BCUT2D eigenvalue weighted by atomic mass is 10.0. The van der Waals surface area contributed by atoms with Crippen LogP contribution in [0.4, 0.5) is 0 Å². The van der Waals surface area contributed by atoms with Gasteiger partial charge in [0.25, 0.3) is 5.91 Å². The number of likely N-dealkylation sites (N-methyl/N-ethyl adjacent to an activating group) is 1. The number of benzene rings is 3. The van der Waals surface area contributed by atoms with Gasteiger partial charge in [0.1, 0.15) is 11.8 Å². The summed E-state index contributed by atoms with van der Waals surface area (Å²) < 4.78 is 5.77. The average molecular weight is 465 g/mol. The summed E-state index contributed by atoms with van der Waals surface area (Å²) in [4.78, 5) is 27.9. The van der Waals surface area contributed by atoms with Crippen LogP contribution in [0.5, 0.6) is 5.75 Å². The van der Waals surface area contributed by atoms with Crippen molar-refractivity contribution in [2.24, 2.45) is 0 Å². The van der Waals surface area contributed by atoms with Gasteiger partial charge in [0.15, 0.2) is 6.61 Å². The molecule has 0 aromatic heterocycles. The SMILES string of the molecule is CNC(=O)[C@H](Cc1ccccc1)N(Cc1ccc(C)cc1)C(=O)COc1ccc(Cl)c(C)c1. The van der Waals surface area contributed by atoms with Crippen molar-refractivity contribution in [3.8, 4) is 5.75 Å². The summed E-state index contributed by atoms with van der Waals surface area (Å²) in [5.74, 6) is 0.0643. The van der Waals surface area contributed by atoms with Crippen molar-refractivity contribution in [1.82, 2.24) is 10.2 Å². The Morgan fingerprint density at radius 2 is 1.67 bits per heavy atom. The predicted molar refractivity (Wildman–Crippen MR) is 131 cm³/mol. The maximum absolute atomic E-state index is 13.4. The number of rotatable bonds is 9. The Kier molecular flexibility index (Phi) is 8.50.